The van der Waals surface area contributed by atoms with Gasteiger partial charge < -0.3 is 15.5 Å². The zero-order valence-electron chi connectivity index (χ0n) is 9.35. The van der Waals surface area contributed by atoms with Crippen LogP contribution in [0, 0.1) is 0 Å². The molecular formula is C12H20NO2+. The maximum atomic E-state index is 9.87. The summed E-state index contributed by atoms with van der Waals surface area (Å²) < 4.78 is 0. The SMILES string of the molecule is CC(C)(CO)[NH2+]C[C@H](O)c1ccccc1. The van der Waals surface area contributed by atoms with Gasteiger partial charge in [-0.2, -0.15) is 0 Å². The van der Waals surface area contributed by atoms with Crippen molar-refractivity contribution in [2.75, 3.05) is 13.2 Å². The summed E-state index contributed by atoms with van der Waals surface area (Å²) in [6, 6.07) is 9.57. The Morgan fingerprint density at radius 3 is 2.40 bits per heavy atom. The summed E-state index contributed by atoms with van der Waals surface area (Å²) in [6.07, 6.45) is -0.475. The number of hydrogen-bond acceptors (Lipinski definition) is 2. The molecule has 0 saturated carbocycles. The van der Waals surface area contributed by atoms with Crippen LogP contribution in [0.5, 0.6) is 0 Å². The van der Waals surface area contributed by atoms with E-state index in [9.17, 15) is 5.11 Å². The topological polar surface area (TPSA) is 57.1 Å². The van der Waals surface area contributed by atoms with Gasteiger partial charge in [0.2, 0.25) is 0 Å². The van der Waals surface area contributed by atoms with Crippen molar-refractivity contribution in [2.45, 2.75) is 25.5 Å². The second-order valence-electron chi connectivity index (χ2n) is 4.51. The average molecular weight is 210 g/mol. The maximum Gasteiger partial charge on any atom is 0.128 e. The molecule has 0 unspecified atom stereocenters. The van der Waals surface area contributed by atoms with Gasteiger partial charge in [0.25, 0.3) is 0 Å². The minimum atomic E-state index is -0.475. The first-order valence-electron chi connectivity index (χ1n) is 5.23. The van der Waals surface area contributed by atoms with E-state index in [1.54, 1.807) is 0 Å². The molecule has 15 heavy (non-hydrogen) atoms. The lowest BCUT2D eigenvalue weighted by molar-refractivity contribution is -0.727. The Morgan fingerprint density at radius 1 is 1.27 bits per heavy atom. The first kappa shape index (κ1) is 12.2. The largest absolute Gasteiger partial charge is 0.390 e. The minimum absolute atomic E-state index is 0.106. The van der Waals surface area contributed by atoms with Crippen LogP contribution in [-0.4, -0.2) is 28.9 Å². The van der Waals surface area contributed by atoms with E-state index < -0.39 is 6.10 Å². The molecule has 0 heterocycles. The van der Waals surface area contributed by atoms with Crippen molar-refractivity contribution in [3.05, 3.63) is 35.9 Å². The third-order valence-corrected chi connectivity index (χ3v) is 2.49. The standard InChI is InChI=1S/C12H19NO2/c1-12(2,9-14)13-8-11(15)10-6-4-3-5-7-10/h3-7,11,13-15H,8-9H2,1-2H3/p+1/t11-/m0/s1. The Hall–Kier alpha value is -0.900. The number of aliphatic hydroxyl groups excluding tert-OH is 2. The van der Waals surface area contributed by atoms with Crippen molar-refractivity contribution < 1.29 is 15.5 Å². The number of quaternary nitrogens is 1. The molecule has 0 aliphatic carbocycles. The molecule has 0 fully saturated rings. The van der Waals surface area contributed by atoms with Crippen LogP contribution in [0.2, 0.25) is 0 Å². The number of nitrogens with two attached hydrogens (primary N) is 1. The zero-order valence-corrected chi connectivity index (χ0v) is 9.35. The Bertz CT molecular complexity index is 285. The number of benzene rings is 1. The molecule has 0 aliphatic rings. The van der Waals surface area contributed by atoms with Crippen LogP contribution in [0.25, 0.3) is 0 Å². The summed E-state index contributed by atoms with van der Waals surface area (Å²) in [5.74, 6) is 0. The van der Waals surface area contributed by atoms with E-state index >= 15 is 0 Å². The number of aliphatic hydroxyl groups is 2. The van der Waals surface area contributed by atoms with Crippen LogP contribution in [-0.2, 0) is 0 Å². The average Bonchev–Trinajstić information content (AvgIpc) is 2.27. The smallest absolute Gasteiger partial charge is 0.128 e. The fraction of sp³-hybridized carbons (Fsp3) is 0.500. The lowest BCUT2D eigenvalue weighted by atomic mass is 10.1. The second kappa shape index (κ2) is 5.26. The lowest BCUT2D eigenvalue weighted by Crippen LogP contribution is -2.97. The van der Waals surface area contributed by atoms with E-state index in [1.165, 1.54) is 0 Å². The maximum absolute atomic E-state index is 9.87. The van der Waals surface area contributed by atoms with Crippen molar-refractivity contribution in [3.63, 3.8) is 0 Å². The highest BCUT2D eigenvalue weighted by Crippen LogP contribution is 2.09. The van der Waals surface area contributed by atoms with Crippen LogP contribution in [0.3, 0.4) is 0 Å². The molecule has 0 bridgehead atoms. The van der Waals surface area contributed by atoms with Gasteiger partial charge in [-0.15, -0.1) is 0 Å². The van der Waals surface area contributed by atoms with Crippen molar-refractivity contribution in [1.82, 2.24) is 0 Å². The van der Waals surface area contributed by atoms with Crippen LogP contribution < -0.4 is 5.32 Å². The van der Waals surface area contributed by atoms with E-state index in [1.807, 2.05) is 49.5 Å². The van der Waals surface area contributed by atoms with Crippen molar-refractivity contribution in [2.24, 2.45) is 0 Å². The van der Waals surface area contributed by atoms with Crippen molar-refractivity contribution >= 4 is 0 Å². The third kappa shape index (κ3) is 4.00. The first-order chi connectivity index (χ1) is 7.05. The normalized spacial score (nSPS) is 13.9. The lowest BCUT2D eigenvalue weighted by Gasteiger charge is -2.21. The fourth-order valence-electron chi connectivity index (χ4n) is 1.31. The molecule has 1 rings (SSSR count). The summed E-state index contributed by atoms with van der Waals surface area (Å²) in [5.41, 5.74) is 0.693. The third-order valence-electron chi connectivity index (χ3n) is 2.49. The Kier molecular flexibility index (Phi) is 4.27. The van der Waals surface area contributed by atoms with Crippen molar-refractivity contribution in [3.8, 4) is 0 Å². The van der Waals surface area contributed by atoms with Gasteiger partial charge in [-0.3, -0.25) is 0 Å². The van der Waals surface area contributed by atoms with Crippen molar-refractivity contribution in [1.29, 1.82) is 0 Å². The molecule has 1 aromatic rings. The predicted molar refractivity (Wildman–Crippen MR) is 59.4 cm³/mol. The van der Waals surface area contributed by atoms with Gasteiger partial charge >= 0.3 is 0 Å². The Labute approximate surface area is 90.8 Å². The van der Waals surface area contributed by atoms with E-state index in [4.69, 9.17) is 5.11 Å². The summed E-state index contributed by atoms with van der Waals surface area (Å²) >= 11 is 0. The predicted octanol–water partition coefficient (Wildman–Crippen LogP) is 0.0543. The highest BCUT2D eigenvalue weighted by atomic mass is 16.3. The molecule has 0 saturated heterocycles. The molecule has 4 N–H and O–H groups in total. The number of rotatable bonds is 5. The van der Waals surface area contributed by atoms with Gasteiger partial charge in [0, 0.05) is 0 Å². The molecule has 1 aromatic carbocycles. The fourth-order valence-corrected chi connectivity index (χ4v) is 1.31. The summed E-state index contributed by atoms with van der Waals surface area (Å²) in [4.78, 5) is 0. The van der Waals surface area contributed by atoms with E-state index in [0.29, 0.717) is 6.54 Å². The molecule has 84 valence electrons. The number of hydrogen-bond donors (Lipinski definition) is 3. The summed E-state index contributed by atoms with van der Waals surface area (Å²) in [6.45, 7) is 4.57. The first-order valence-corrected chi connectivity index (χ1v) is 5.23. The zero-order chi connectivity index (χ0) is 11.3. The molecule has 3 nitrogen and oxygen atoms in total. The van der Waals surface area contributed by atoms with Gasteiger partial charge in [-0.05, 0) is 19.4 Å². The molecule has 3 heteroatoms. The van der Waals surface area contributed by atoms with Crippen LogP contribution in [0.15, 0.2) is 30.3 Å². The highest BCUT2D eigenvalue weighted by molar-refractivity contribution is 5.16. The monoisotopic (exact) mass is 210 g/mol. The summed E-state index contributed by atoms with van der Waals surface area (Å²) in [5, 5.41) is 20.9. The quantitative estimate of drug-likeness (QED) is 0.643. The molecule has 0 amide bonds. The molecule has 0 aromatic heterocycles. The highest BCUT2D eigenvalue weighted by Gasteiger charge is 2.21. The summed E-state index contributed by atoms with van der Waals surface area (Å²) in [7, 11) is 0. The van der Waals surface area contributed by atoms with E-state index in [-0.39, 0.29) is 12.1 Å². The van der Waals surface area contributed by atoms with Gasteiger partial charge in [0.15, 0.2) is 0 Å². The van der Waals surface area contributed by atoms with Gasteiger partial charge in [-0.25, -0.2) is 0 Å². The molecular weight excluding hydrogens is 190 g/mol. The molecule has 0 aliphatic heterocycles. The van der Waals surface area contributed by atoms with Crippen LogP contribution in [0.1, 0.15) is 25.5 Å². The van der Waals surface area contributed by atoms with Gasteiger partial charge in [0.05, 0.1) is 6.61 Å². The van der Waals surface area contributed by atoms with E-state index in [0.717, 1.165) is 5.56 Å². The molecule has 1 atom stereocenters. The minimum Gasteiger partial charge on any atom is -0.390 e. The van der Waals surface area contributed by atoms with Gasteiger partial charge in [0.1, 0.15) is 18.2 Å². The molecule has 0 spiro atoms. The van der Waals surface area contributed by atoms with Crippen LogP contribution in [0.4, 0.5) is 0 Å². The Balaban J connectivity index is 2.47. The second-order valence-corrected chi connectivity index (χ2v) is 4.51. The molecule has 0 radical (unpaired) electrons. The van der Waals surface area contributed by atoms with E-state index in [2.05, 4.69) is 0 Å². The Morgan fingerprint density at radius 2 is 1.87 bits per heavy atom. The van der Waals surface area contributed by atoms with Gasteiger partial charge in [-0.1, -0.05) is 30.3 Å². The van der Waals surface area contributed by atoms with Crippen LogP contribution >= 0.6 is 0 Å².